The maximum Gasteiger partial charge on any atom is 0.0615 e. The minimum absolute atomic E-state index is 0.0424. The zero-order valence-electron chi connectivity index (χ0n) is 11.2. The molecule has 98 valence electrons. The highest BCUT2D eigenvalue weighted by atomic mass is 31.0. The van der Waals surface area contributed by atoms with E-state index in [1.165, 1.54) is 22.0 Å². The summed E-state index contributed by atoms with van der Waals surface area (Å²) in [5, 5.41) is 19.0. The molecular weight excluding hydrogens is 243 g/mol. The van der Waals surface area contributed by atoms with Crippen LogP contribution in [0.5, 0.6) is 0 Å². The third kappa shape index (κ3) is 3.08. The van der Waals surface area contributed by atoms with Crippen LogP contribution in [0.2, 0.25) is 0 Å². The van der Waals surface area contributed by atoms with Gasteiger partial charge in [-0.3, -0.25) is 0 Å². The Labute approximate surface area is 111 Å². The molecule has 0 aliphatic carbocycles. The highest BCUT2D eigenvalue weighted by Gasteiger charge is 2.11. The number of benzene rings is 1. The van der Waals surface area contributed by atoms with Crippen molar-refractivity contribution in [3.8, 4) is 0 Å². The van der Waals surface area contributed by atoms with Gasteiger partial charge in [0.1, 0.15) is 0 Å². The van der Waals surface area contributed by atoms with Gasteiger partial charge >= 0.3 is 0 Å². The lowest BCUT2D eigenvalue weighted by Gasteiger charge is -2.16. The molecule has 0 bridgehead atoms. The molecule has 0 heterocycles. The molecule has 0 aliphatic heterocycles. The maximum atomic E-state index is 8.90. The fourth-order valence-electron chi connectivity index (χ4n) is 2.12. The Hall–Kier alpha value is -0.950. The normalized spacial score (nSPS) is 11.9. The number of rotatable bonds is 4. The summed E-state index contributed by atoms with van der Waals surface area (Å²) in [6.45, 7) is 6.32. The van der Waals surface area contributed by atoms with Crippen LogP contribution in [0.25, 0.3) is 12.2 Å². The molecule has 0 fully saturated rings. The molecule has 1 unspecified atom stereocenters. The Morgan fingerprint density at radius 2 is 1.22 bits per heavy atom. The lowest BCUT2D eigenvalue weighted by atomic mass is 9.92. The van der Waals surface area contributed by atoms with Crippen LogP contribution in [0.3, 0.4) is 0 Å². The van der Waals surface area contributed by atoms with Gasteiger partial charge in [0.15, 0.2) is 0 Å². The van der Waals surface area contributed by atoms with Crippen molar-refractivity contribution in [2.75, 3.05) is 13.2 Å². The molecular formula is C15H21O2P. The van der Waals surface area contributed by atoms with Crippen molar-refractivity contribution in [2.45, 2.75) is 20.8 Å². The largest absolute Gasteiger partial charge is 0.392 e. The molecule has 1 aromatic rings. The summed E-state index contributed by atoms with van der Waals surface area (Å²) in [4.78, 5) is 0. The van der Waals surface area contributed by atoms with Gasteiger partial charge in [-0.15, -0.1) is 9.24 Å². The molecule has 0 saturated carbocycles. The lowest BCUT2D eigenvalue weighted by Crippen LogP contribution is -2.09. The van der Waals surface area contributed by atoms with Crippen molar-refractivity contribution in [1.82, 2.24) is 0 Å². The summed E-state index contributed by atoms with van der Waals surface area (Å²) in [7, 11) is 2.77. The van der Waals surface area contributed by atoms with E-state index in [1.54, 1.807) is 12.2 Å². The third-order valence-corrected chi connectivity index (χ3v) is 4.07. The summed E-state index contributed by atoms with van der Waals surface area (Å²) in [6.07, 6.45) is 7.39. The monoisotopic (exact) mass is 264 g/mol. The summed E-state index contributed by atoms with van der Waals surface area (Å²) in [5.74, 6) is 0. The van der Waals surface area contributed by atoms with Gasteiger partial charge in [-0.05, 0) is 53.9 Å². The second kappa shape index (κ2) is 6.84. The van der Waals surface area contributed by atoms with Crippen LogP contribution in [0, 0.1) is 20.8 Å². The Bertz CT molecular complexity index is 447. The molecule has 18 heavy (non-hydrogen) atoms. The smallest absolute Gasteiger partial charge is 0.0615 e. The number of aliphatic hydroxyl groups is 2. The van der Waals surface area contributed by atoms with E-state index in [0.717, 1.165) is 11.1 Å². The van der Waals surface area contributed by atoms with Crippen LogP contribution in [0.15, 0.2) is 12.2 Å². The van der Waals surface area contributed by atoms with E-state index in [-0.39, 0.29) is 13.2 Å². The standard InChI is InChI=1S/C15H21O2P/c1-10-13(6-4-8-16)11(2)15(18)12(3)14(10)7-5-9-17/h4-7,16-17H,8-9,18H2,1-3H3/b6-4+,7-5+. The molecule has 1 aromatic carbocycles. The molecule has 0 saturated heterocycles. The zero-order chi connectivity index (χ0) is 13.7. The first-order valence-electron chi connectivity index (χ1n) is 5.98. The molecule has 0 aromatic heterocycles. The highest BCUT2D eigenvalue weighted by molar-refractivity contribution is 7.27. The second-order valence-electron chi connectivity index (χ2n) is 4.29. The average Bonchev–Trinajstić information content (AvgIpc) is 2.36. The molecule has 3 heteroatoms. The van der Waals surface area contributed by atoms with Gasteiger partial charge in [-0.25, -0.2) is 0 Å². The molecule has 2 nitrogen and oxygen atoms in total. The Kier molecular flexibility index (Phi) is 5.74. The number of hydrogen-bond donors (Lipinski definition) is 2. The fraction of sp³-hybridized carbons (Fsp3) is 0.333. The van der Waals surface area contributed by atoms with Crippen molar-refractivity contribution < 1.29 is 10.2 Å². The predicted octanol–water partition coefficient (Wildman–Crippen LogP) is 2.12. The van der Waals surface area contributed by atoms with Crippen LogP contribution in [0.4, 0.5) is 0 Å². The Morgan fingerprint density at radius 3 is 1.56 bits per heavy atom. The maximum absolute atomic E-state index is 8.90. The van der Waals surface area contributed by atoms with Crippen LogP contribution < -0.4 is 5.30 Å². The van der Waals surface area contributed by atoms with Crippen LogP contribution in [-0.2, 0) is 0 Å². The van der Waals surface area contributed by atoms with Crippen LogP contribution in [0.1, 0.15) is 27.8 Å². The van der Waals surface area contributed by atoms with Crippen molar-refractivity contribution in [1.29, 1.82) is 0 Å². The first kappa shape index (κ1) is 15.1. The van der Waals surface area contributed by atoms with Crippen molar-refractivity contribution in [2.24, 2.45) is 0 Å². The van der Waals surface area contributed by atoms with Gasteiger partial charge in [0, 0.05) is 0 Å². The molecule has 2 N–H and O–H groups in total. The van der Waals surface area contributed by atoms with E-state index in [9.17, 15) is 0 Å². The van der Waals surface area contributed by atoms with E-state index in [0.29, 0.717) is 0 Å². The summed E-state index contributed by atoms with van der Waals surface area (Å²) < 4.78 is 0. The molecule has 1 rings (SSSR count). The Morgan fingerprint density at radius 1 is 0.833 bits per heavy atom. The summed E-state index contributed by atoms with van der Waals surface area (Å²) in [6, 6.07) is 0. The van der Waals surface area contributed by atoms with E-state index >= 15 is 0 Å². The van der Waals surface area contributed by atoms with E-state index in [2.05, 4.69) is 30.0 Å². The van der Waals surface area contributed by atoms with Gasteiger partial charge < -0.3 is 10.2 Å². The Balaban J connectivity index is 3.49. The topological polar surface area (TPSA) is 40.5 Å². The fourth-order valence-corrected chi connectivity index (χ4v) is 2.43. The van der Waals surface area contributed by atoms with Crippen molar-refractivity contribution in [3.05, 3.63) is 40.0 Å². The summed E-state index contributed by atoms with van der Waals surface area (Å²) >= 11 is 0. The van der Waals surface area contributed by atoms with Crippen molar-refractivity contribution in [3.63, 3.8) is 0 Å². The number of aliphatic hydroxyl groups excluding tert-OH is 2. The second-order valence-corrected chi connectivity index (χ2v) is 4.86. The molecule has 0 aliphatic rings. The highest BCUT2D eigenvalue weighted by Crippen LogP contribution is 2.24. The van der Waals surface area contributed by atoms with Gasteiger partial charge in [0.2, 0.25) is 0 Å². The predicted molar refractivity (Wildman–Crippen MR) is 82.2 cm³/mol. The van der Waals surface area contributed by atoms with Crippen LogP contribution in [-0.4, -0.2) is 23.4 Å². The molecule has 0 radical (unpaired) electrons. The SMILES string of the molecule is Cc1c(P)c(C)c(/C=C/CO)c(C)c1/C=C/CO. The van der Waals surface area contributed by atoms with E-state index in [4.69, 9.17) is 10.2 Å². The van der Waals surface area contributed by atoms with Crippen molar-refractivity contribution >= 4 is 26.7 Å². The van der Waals surface area contributed by atoms with Gasteiger partial charge in [0.05, 0.1) is 13.2 Å². The molecule has 1 atom stereocenters. The van der Waals surface area contributed by atoms with Gasteiger partial charge in [-0.1, -0.05) is 24.3 Å². The zero-order valence-corrected chi connectivity index (χ0v) is 12.4. The molecule has 0 amide bonds. The van der Waals surface area contributed by atoms with Gasteiger partial charge in [-0.2, -0.15) is 0 Å². The van der Waals surface area contributed by atoms with E-state index in [1.807, 2.05) is 12.2 Å². The first-order valence-corrected chi connectivity index (χ1v) is 6.56. The lowest BCUT2D eigenvalue weighted by molar-refractivity contribution is 0.343. The average molecular weight is 264 g/mol. The minimum Gasteiger partial charge on any atom is -0.392 e. The minimum atomic E-state index is 0.0424. The summed E-state index contributed by atoms with van der Waals surface area (Å²) in [5.41, 5.74) is 5.86. The van der Waals surface area contributed by atoms with Crippen LogP contribution >= 0.6 is 9.24 Å². The van der Waals surface area contributed by atoms with E-state index < -0.39 is 0 Å². The number of hydrogen-bond acceptors (Lipinski definition) is 2. The molecule has 0 spiro atoms. The first-order chi connectivity index (χ1) is 8.54. The quantitative estimate of drug-likeness (QED) is 0.818. The third-order valence-electron chi connectivity index (χ3n) is 3.20. The van der Waals surface area contributed by atoms with Gasteiger partial charge in [0.25, 0.3) is 0 Å².